The van der Waals surface area contributed by atoms with Crippen molar-refractivity contribution >= 4 is 15.9 Å². The molecule has 0 saturated carbocycles. The summed E-state index contributed by atoms with van der Waals surface area (Å²) in [7, 11) is -3.96. The summed E-state index contributed by atoms with van der Waals surface area (Å²) in [5.41, 5.74) is 0.414. The minimum atomic E-state index is -3.96. The molecule has 1 rings (SSSR count). The molecular formula is C15H22N2O3S. The van der Waals surface area contributed by atoms with Crippen LogP contribution in [0.3, 0.4) is 0 Å². The molecule has 2 N–H and O–H groups in total. The number of carbonyl (C=O) groups is 1. The van der Waals surface area contributed by atoms with Crippen LogP contribution in [-0.2, 0) is 10.0 Å². The Bertz CT molecular complexity index is 658. The molecule has 0 atom stereocenters. The second-order valence-electron chi connectivity index (χ2n) is 5.92. The van der Waals surface area contributed by atoms with Crippen molar-refractivity contribution in [2.24, 2.45) is 5.14 Å². The Morgan fingerprint density at radius 3 is 2.38 bits per heavy atom. The largest absolute Gasteiger partial charge is 0.330 e. The molecule has 1 aromatic rings. The molecule has 0 saturated heterocycles. The van der Waals surface area contributed by atoms with Crippen LogP contribution in [-0.4, -0.2) is 31.3 Å². The Morgan fingerprint density at radius 2 is 1.95 bits per heavy atom. The molecular weight excluding hydrogens is 288 g/mol. The van der Waals surface area contributed by atoms with Gasteiger partial charge in [0.15, 0.2) is 0 Å². The van der Waals surface area contributed by atoms with E-state index in [0.717, 1.165) is 5.56 Å². The van der Waals surface area contributed by atoms with E-state index in [9.17, 15) is 13.2 Å². The number of nitrogens with two attached hydrogens (primary N) is 1. The quantitative estimate of drug-likeness (QED) is 0.864. The SMILES string of the molecule is C=CCN(C(=O)c1cc(C)ccc1S(N)(=O)=O)C(C)(C)C. The highest BCUT2D eigenvalue weighted by Crippen LogP contribution is 2.22. The molecule has 0 unspecified atom stereocenters. The highest BCUT2D eigenvalue weighted by Gasteiger charge is 2.29. The molecule has 0 aromatic heterocycles. The number of amides is 1. The number of carbonyl (C=O) groups excluding carboxylic acids is 1. The maximum absolute atomic E-state index is 12.8. The van der Waals surface area contributed by atoms with Gasteiger partial charge in [-0.15, -0.1) is 6.58 Å². The third-order valence-electron chi connectivity index (χ3n) is 3.04. The van der Waals surface area contributed by atoms with E-state index in [0.29, 0.717) is 6.54 Å². The highest BCUT2D eigenvalue weighted by atomic mass is 32.2. The predicted molar refractivity (Wildman–Crippen MR) is 83.5 cm³/mol. The Labute approximate surface area is 126 Å². The van der Waals surface area contributed by atoms with Gasteiger partial charge in [0.2, 0.25) is 10.0 Å². The van der Waals surface area contributed by atoms with Crippen molar-refractivity contribution in [2.75, 3.05) is 6.54 Å². The van der Waals surface area contributed by atoms with Gasteiger partial charge in [-0.25, -0.2) is 13.6 Å². The molecule has 0 spiro atoms. The molecule has 21 heavy (non-hydrogen) atoms. The summed E-state index contributed by atoms with van der Waals surface area (Å²) in [6, 6.07) is 4.53. The fourth-order valence-corrected chi connectivity index (χ4v) is 2.71. The van der Waals surface area contributed by atoms with E-state index in [1.54, 1.807) is 30.0 Å². The predicted octanol–water partition coefficient (Wildman–Crippen LogP) is 2.07. The second-order valence-corrected chi connectivity index (χ2v) is 7.45. The van der Waals surface area contributed by atoms with Gasteiger partial charge in [-0.2, -0.15) is 0 Å². The van der Waals surface area contributed by atoms with Crippen LogP contribution >= 0.6 is 0 Å². The average Bonchev–Trinajstić information content (AvgIpc) is 2.32. The highest BCUT2D eigenvalue weighted by molar-refractivity contribution is 7.89. The molecule has 0 aliphatic heterocycles. The standard InChI is InChI=1S/C15H22N2O3S/c1-6-9-17(15(3,4)5)14(18)12-10-11(2)7-8-13(12)21(16,19)20/h6-8,10H,1,9H2,2-5H3,(H2,16,19,20). The van der Waals surface area contributed by atoms with Gasteiger partial charge in [0.05, 0.1) is 10.5 Å². The van der Waals surface area contributed by atoms with E-state index in [1.165, 1.54) is 6.07 Å². The van der Waals surface area contributed by atoms with E-state index in [1.807, 2.05) is 20.8 Å². The van der Waals surface area contributed by atoms with E-state index in [4.69, 9.17) is 5.14 Å². The third-order valence-corrected chi connectivity index (χ3v) is 4.01. The zero-order valence-electron chi connectivity index (χ0n) is 12.9. The Balaban J connectivity index is 3.47. The summed E-state index contributed by atoms with van der Waals surface area (Å²) in [5, 5.41) is 5.21. The summed E-state index contributed by atoms with van der Waals surface area (Å²) in [4.78, 5) is 14.2. The first-order valence-corrected chi connectivity index (χ1v) is 8.09. The van der Waals surface area contributed by atoms with Gasteiger partial charge in [0.25, 0.3) is 5.91 Å². The third kappa shape index (κ3) is 4.15. The van der Waals surface area contributed by atoms with Crippen LogP contribution in [0.25, 0.3) is 0 Å². The topological polar surface area (TPSA) is 80.5 Å². The van der Waals surface area contributed by atoms with Crippen LogP contribution in [0.15, 0.2) is 35.7 Å². The van der Waals surface area contributed by atoms with Gasteiger partial charge in [0, 0.05) is 12.1 Å². The van der Waals surface area contributed by atoms with E-state index >= 15 is 0 Å². The Hall–Kier alpha value is -1.66. The fraction of sp³-hybridized carbons (Fsp3) is 0.400. The number of rotatable bonds is 4. The van der Waals surface area contributed by atoms with Gasteiger partial charge < -0.3 is 4.90 Å². The van der Waals surface area contributed by atoms with Crippen LogP contribution in [0, 0.1) is 6.92 Å². The summed E-state index contributed by atoms with van der Waals surface area (Å²) in [5.74, 6) is -0.380. The normalized spacial score (nSPS) is 12.0. The Morgan fingerprint density at radius 1 is 1.38 bits per heavy atom. The minimum Gasteiger partial charge on any atom is -0.330 e. The lowest BCUT2D eigenvalue weighted by Crippen LogP contribution is -2.46. The first-order chi connectivity index (χ1) is 9.48. The van der Waals surface area contributed by atoms with E-state index in [2.05, 4.69) is 6.58 Å². The smallest absolute Gasteiger partial charge is 0.255 e. The van der Waals surface area contributed by atoms with Gasteiger partial charge >= 0.3 is 0 Å². The lowest BCUT2D eigenvalue weighted by molar-refractivity contribution is 0.0612. The van der Waals surface area contributed by atoms with E-state index < -0.39 is 15.6 Å². The molecule has 0 aliphatic rings. The van der Waals surface area contributed by atoms with Gasteiger partial charge in [0.1, 0.15) is 0 Å². The van der Waals surface area contributed by atoms with Crippen LogP contribution < -0.4 is 5.14 Å². The zero-order chi connectivity index (χ0) is 16.4. The summed E-state index contributed by atoms with van der Waals surface area (Å²) in [6.07, 6.45) is 1.61. The molecule has 0 aliphatic carbocycles. The van der Waals surface area contributed by atoms with Crippen LogP contribution in [0.4, 0.5) is 0 Å². The second kappa shape index (κ2) is 5.99. The zero-order valence-corrected chi connectivity index (χ0v) is 13.7. The average molecular weight is 310 g/mol. The molecule has 1 amide bonds. The molecule has 116 valence electrons. The lowest BCUT2D eigenvalue weighted by atomic mass is 10.0. The van der Waals surface area contributed by atoms with Gasteiger partial charge in [-0.1, -0.05) is 17.7 Å². The number of sulfonamides is 1. The molecule has 1 aromatic carbocycles. The molecule has 0 radical (unpaired) electrons. The van der Waals surface area contributed by atoms with Gasteiger partial charge in [-0.05, 0) is 39.8 Å². The molecule has 6 heteroatoms. The van der Waals surface area contributed by atoms with Crippen LogP contribution in [0.1, 0.15) is 36.7 Å². The molecule has 0 bridgehead atoms. The maximum Gasteiger partial charge on any atom is 0.255 e. The number of primary sulfonamides is 1. The number of hydrogen-bond acceptors (Lipinski definition) is 3. The van der Waals surface area contributed by atoms with Crippen molar-refractivity contribution in [3.63, 3.8) is 0 Å². The van der Waals surface area contributed by atoms with Crippen molar-refractivity contribution in [1.29, 1.82) is 0 Å². The molecule has 0 heterocycles. The Kier molecular flexibility index (Phi) is 4.96. The first-order valence-electron chi connectivity index (χ1n) is 6.55. The molecule has 5 nitrogen and oxygen atoms in total. The van der Waals surface area contributed by atoms with E-state index in [-0.39, 0.29) is 16.4 Å². The van der Waals surface area contributed by atoms with Crippen molar-refractivity contribution in [3.05, 3.63) is 42.0 Å². The minimum absolute atomic E-state index is 0.0919. The number of benzene rings is 1. The number of aryl methyl sites for hydroxylation is 1. The lowest BCUT2D eigenvalue weighted by Gasteiger charge is -2.35. The number of nitrogens with zero attached hydrogens (tertiary/aromatic N) is 1. The number of hydrogen-bond donors (Lipinski definition) is 1. The first kappa shape index (κ1) is 17.4. The fourth-order valence-electron chi connectivity index (χ4n) is 1.99. The van der Waals surface area contributed by atoms with Crippen molar-refractivity contribution < 1.29 is 13.2 Å². The summed E-state index contributed by atoms with van der Waals surface area (Å²) in [6.45, 7) is 11.4. The molecule has 0 fully saturated rings. The summed E-state index contributed by atoms with van der Waals surface area (Å²) >= 11 is 0. The van der Waals surface area contributed by atoms with Crippen LogP contribution in [0.2, 0.25) is 0 Å². The maximum atomic E-state index is 12.8. The van der Waals surface area contributed by atoms with Crippen molar-refractivity contribution in [3.8, 4) is 0 Å². The van der Waals surface area contributed by atoms with Crippen molar-refractivity contribution in [1.82, 2.24) is 4.90 Å². The van der Waals surface area contributed by atoms with Crippen molar-refractivity contribution in [2.45, 2.75) is 38.1 Å². The van der Waals surface area contributed by atoms with Gasteiger partial charge in [-0.3, -0.25) is 4.79 Å². The monoisotopic (exact) mass is 310 g/mol. The van der Waals surface area contributed by atoms with Crippen LogP contribution in [0.5, 0.6) is 0 Å². The summed E-state index contributed by atoms with van der Waals surface area (Å²) < 4.78 is 23.4.